The van der Waals surface area contributed by atoms with E-state index in [0.29, 0.717) is 11.1 Å². The third-order valence-electron chi connectivity index (χ3n) is 5.21. The van der Waals surface area contributed by atoms with Gasteiger partial charge in [0.1, 0.15) is 5.82 Å². The predicted octanol–water partition coefficient (Wildman–Crippen LogP) is 4.50. The fraction of sp³-hybridized carbons (Fsp3) is 0.125. The first-order valence-electron chi connectivity index (χ1n) is 9.43. The maximum absolute atomic E-state index is 14.4. The van der Waals surface area contributed by atoms with Crippen LogP contribution < -0.4 is 4.90 Å². The van der Waals surface area contributed by atoms with E-state index in [1.807, 2.05) is 30.3 Å². The zero-order valence-corrected chi connectivity index (χ0v) is 17.4. The molecule has 30 heavy (non-hydrogen) atoms. The molecular formula is C24H20FNO3S. The van der Waals surface area contributed by atoms with Gasteiger partial charge in [-0.25, -0.2) is 12.8 Å². The van der Waals surface area contributed by atoms with Gasteiger partial charge in [-0.2, -0.15) is 0 Å². The maximum atomic E-state index is 14.4. The van der Waals surface area contributed by atoms with Gasteiger partial charge in [-0.15, -0.1) is 0 Å². The minimum atomic E-state index is -3.35. The van der Waals surface area contributed by atoms with Gasteiger partial charge in [0, 0.05) is 6.26 Å². The molecule has 0 N–H and O–H groups in total. The number of nitrogens with zero attached hydrogens (tertiary/aromatic N) is 1. The molecule has 0 atom stereocenters. The van der Waals surface area contributed by atoms with Gasteiger partial charge in [-0.1, -0.05) is 54.6 Å². The second kappa shape index (κ2) is 7.54. The third-order valence-corrected chi connectivity index (χ3v) is 6.46. The Kier molecular flexibility index (Phi) is 5.03. The van der Waals surface area contributed by atoms with E-state index in [1.54, 1.807) is 43.3 Å². The SMILES string of the molecule is Cc1cc(C2=C(c3ccccc3)C(=O)N(c3ccccc3F)C2)ccc1S(C)(=O)=O. The number of hydrogen-bond donors (Lipinski definition) is 0. The molecular weight excluding hydrogens is 401 g/mol. The van der Waals surface area contributed by atoms with Crippen molar-refractivity contribution >= 4 is 32.6 Å². The average Bonchev–Trinajstić information content (AvgIpc) is 3.05. The first-order valence-corrected chi connectivity index (χ1v) is 11.3. The van der Waals surface area contributed by atoms with Crippen LogP contribution in [0.15, 0.2) is 77.7 Å². The first kappa shape index (κ1) is 20.0. The standard InChI is InChI=1S/C24H20FNO3S/c1-16-14-18(12-13-22(16)30(2,28)29)19-15-26(21-11-7-6-10-20(21)25)24(27)23(19)17-8-4-3-5-9-17/h3-14H,15H2,1-2H3. The molecule has 0 aromatic heterocycles. The lowest BCUT2D eigenvalue weighted by Crippen LogP contribution is -2.27. The van der Waals surface area contributed by atoms with Gasteiger partial charge >= 0.3 is 0 Å². The number of anilines is 1. The van der Waals surface area contributed by atoms with Crippen LogP contribution in [0.25, 0.3) is 11.1 Å². The number of carbonyl (C=O) groups is 1. The predicted molar refractivity (Wildman–Crippen MR) is 116 cm³/mol. The number of amides is 1. The molecule has 0 saturated heterocycles. The smallest absolute Gasteiger partial charge is 0.259 e. The van der Waals surface area contributed by atoms with Crippen LogP contribution in [0.5, 0.6) is 0 Å². The molecule has 3 aromatic rings. The Balaban J connectivity index is 1.88. The summed E-state index contributed by atoms with van der Waals surface area (Å²) >= 11 is 0. The Labute approximate surface area is 175 Å². The summed E-state index contributed by atoms with van der Waals surface area (Å²) in [6.45, 7) is 1.93. The Morgan fingerprint density at radius 2 is 1.57 bits per heavy atom. The molecule has 1 heterocycles. The Bertz CT molecular complexity index is 1280. The number of halogens is 1. The maximum Gasteiger partial charge on any atom is 0.259 e. The zero-order valence-electron chi connectivity index (χ0n) is 16.6. The summed E-state index contributed by atoms with van der Waals surface area (Å²) in [4.78, 5) is 15.0. The van der Waals surface area contributed by atoms with Crippen molar-refractivity contribution in [1.82, 2.24) is 0 Å². The summed E-state index contributed by atoms with van der Waals surface area (Å²) in [5.41, 5.74) is 3.53. The van der Waals surface area contributed by atoms with Crippen molar-refractivity contribution in [3.8, 4) is 0 Å². The summed E-state index contributed by atoms with van der Waals surface area (Å²) in [5.74, 6) is -0.755. The van der Waals surface area contributed by atoms with E-state index in [0.717, 1.165) is 16.7 Å². The molecule has 1 aliphatic heterocycles. The lowest BCUT2D eigenvalue weighted by atomic mass is 9.96. The summed E-state index contributed by atoms with van der Waals surface area (Å²) in [5, 5.41) is 0. The molecule has 0 saturated carbocycles. The fourth-order valence-corrected chi connectivity index (χ4v) is 4.79. The van der Waals surface area contributed by atoms with E-state index < -0.39 is 15.7 Å². The highest BCUT2D eigenvalue weighted by Crippen LogP contribution is 2.38. The second-order valence-corrected chi connectivity index (χ2v) is 9.30. The van der Waals surface area contributed by atoms with E-state index in [2.05, 4.69) is 0 Å². The quantitative estimate of drug-likeness (QED) is 0.624. The molecule has 0 aliphatic carbocycles. The van der Waals surface area contributed by atoms with Gasteiger partial charge in [-0.3, -0.25) is 4.79 Å². The molecule has 152 valence electrons. The van der Waals surface area contributed by atoms with E-state index in [1.165, 1.54) is 17.2 Å². The van der Waals surface area contributed by atoms with Gasteiger partial charge in [-0.05, 0) is 47.4 Å². The van der Waals surface area contributed by atoms with Gasteiger partial charge in [0.15, 0.2) is 9.84 Å². The van der Waals surface area contributed by atoms with Crippen LogP contribution in [0.4, 0.5) is 10.1 Å². The molecule has 6 heteroatoms. The summed E-state index contributed by atoms with van der Waals surface area (Å²) in [6, 6.07) is 20.5. The van der Waals surface area contributed by atoms with Gasteiger partial charge in [0.2, 0.25) is 0 Å². The van der Waals surface area contributed by atoms with Crippen LogP contribution in [0.2, 0.25) is 0 Å². The molecule has 1 amide bonds. The molecule has 4 nitrogen and oxygen atoms in total. The van der Waals surface area contributed by atoms with Crippen molar-refractivity contribution in [1.29, 1.82) is 0 Å². The van der Waals surface area contributed by atoms with E-state index in [-0.39, 0.29) is 23.0 Å². The number of benzene rings is 3. The van der Waals surface area contributed by atoms with Crippen LogP contribution >= 0.6 is 0 Å². The lowest BCUT2D eigenvalue weighted by Gasteiger charge is -2.18. The number of para-hydroxylation sites is 1. The normalized spacial score (nSPS) is 14.5. The number of aryl methyl sites for hydroxylation is 1. The van der Waals surface area contributed by atoms with Crippen LogP contribution in [0.3, 0.4) is 0 Å². The summed E-state index contributed by atoms with van der Waals surface area (Å²) in [6.07, 6.45) is 1.17. The minimum Gasteiger partial charge on any atom is -0.301 e. The van der Waals surface area contributed by atoms with Crippen LogP contribution in [0, 0.1) is 12.7 Å². The second-order valence-electron chi connectivity index (χ2n) is 7.31. The van der Waals surface area contributed by atoms with Gasteiger partial charge in [0.25, 0.3) is 5.91 Å². The lowest BCUT2D eigenvalue weighted by molar-refractivity contribution is -0.112. The Morgan fingerprint density at radius 3 is 2.20 bits per heavy atom. The summed E-state index contributed by atoms with van der Waals surface area (Å²) in [7, 11) is -3.35. The molecule has 3 aromatic carbocycles. The topological polar surface area (TPSA) is 54.5 Å². The Morgan fingerprint density at radius 1 is 0.900 bits per heavy atom. The fourth-order valence-electron chi connectivity index (χ4n) is 3.83. The van der Waals surface area contributed by atoms with Gasteiger partial charge in [0.05, 0.1) is 22.7 Å². The monoisotopic (exact) mass is 421 g/mol. The Hall–Kier alpha value is -3.25. The highest BCUT2D eigenvalue weighted by atomic mass is 32.2. The molecule has 0 radical (unpaired) electrons. The van der Waals surface area contributed by atoms with E-state index >= 15 is 0 Å². The van der Waals surface area contributed by atoms with E-state index in [9.17, 15) is 17.6 Å². The van der Waals surface area contributed by atoms with E-state index in [4.69, 9.17) is 0 Å². The van der Waals surface area contributed by atoms with Crippen molar-refractivity contribution in [2.75, 3.05) is 17.7 Å². The molecule has 1 aliphatic rings. The average molecular weight is 421 g/mol. The number of hydrogen-bond acceptors (Lipinski definition) is 3. The van der Waals surface area contributed by atoms with Crippen molar-refractivity contribution in [3.63, 3.8) is 0 Å². The highest BCUT2D eigenvalue weighted by molar-refractivity contribution is 7.90. The third kappa shape index (κ3) is 3.55. The molecule has 4 rings (SSSR count). The van der Waals surface area contributed by atoms with Crippen molar-refractivity contribution in [2.45, 2.75) is 11.8 Å². The molecule has 0 spiro atoms. The van der Waals surface area contributed by atoms with Crippen LogP contribution in [0.1, 0.15) is 16.7 Å². The molecule has 0 bridgehead atoms. The number of sulfone groups is 1. The van der Waals surface area contributed by atoms with Crippen molar-refractivity contribution in [2.24, 2.45) is 0 Å². The molecule has 0 unspecified atom stereocenters. The zero-order chi connectivity index (χ0) is 21.5. The van der Waals surface area contributed by atoms with Crippen LogP contribution in [-0.2, 0) is 14.6 Å². The largest absolute Gasteiger partial charge is 0.301 e. The van der Waals surface area contributed by atoms with Gasteiger partial charge < -0.3 is 4.90 Å². The minimum absolute atomic E-state index is 0.196. The highest BCUT2D eigenvalue weighted by Gasteiger charge is 2.34. The molecule has 0 fully saturated rings. The van der Waals surface area contributed by atoms with Crippen molar-refractivity contribution < 1.29 is 17.6 Å². The number of carbonyl (C=O) groups excluding carboxylic acids is 1. The summed E-state index contributed by atoms with van der Waals surface area (Å²) < 4.78 is 38.4. The number of rotatable bonds is 4. The first-order chi connectivity index (χ1) is 14.3. The van der Waals surface area contributed by atoms with Crippen molar-refractivity contribution in [3.05, 3.63) is 95.3 Å². The van der Waals surface area contributed by atoms with Crippen LogP contribution in [-0.4, -0.2) is 27.1 Å².